The van der Waals surface area contributed by atoms with Gasteiger partial charge in [-0.05, 0) is 61.7 Å². The summed E-state index contributed by atoms with van der Waals surface area (Å²) in [5, 5.41) is 7.78. The first kappa shape index (κ1) is 27.8. The highest BCUT2D eigenvalue weighted by atomic mass is 79.9. The molecule has 1 amide bonds. The van der Waals surface area contributed by atoms with Crippen LogP contribution in [-0.4, -0.2) is 41.5 Å². The molecule has 4 rings (SSSR count). The number of hydrogen-bond donors (Lipinski definition) is 1. The molecule has 1 N–H and O–H groups in total. The molecule has 3 aromatic carbocycles. The second-order valence-corrected chi connectivity index (χ2v) is 11.9. The largest absolute Gasteiger partial charge is 0.309 e. The summed E-state index contributed by atoms with van der Waals surface area (Å²) in [6, 6.07) is 24.0. The van der Waals surface area contributed by atoms with Crippen molar-refractivity contribution in [3.63, 3.8) is 0 Å². The van der Waals surface area contributed by atoms with Gasteiger partial charge in [-0.2, -0.15) is 9.40 Å². The highest BCUT2D eigenvalue weighted by Gasteiger charge is 2.28. The predicted octanol–water partition coefficient (Wildman–Crippen LogP) is 6.35. The van der Waals surface area contributed by atoms with Gasteiger partial charge in [-0.25, -0.2) is 13.1 Å². The quantitative estimate of drug-likeness (QED) is 0.232. The molecule has 198 valence electrons. The number of anilines is 1. The van der Waals surface area contributed by atoms with E-state index in [0.29, 0.717) is 12.2 Å². The van der Waals surface area contributed by atoms with Crippen LogP contribution in [0.1, 0.15) is 31.0 Å². The Morgan fingerprint density at radius 1 is 0.974 bits per heavy atom. The molecule has 9 heteroatoms. The van der Waals surface area contributed by atoms with E-state index >= 15 is 0 Å². The standard InChI is InChI=1S/C29H31BrN4O3S/c1-4-5-19-33(38(36,37)25-17-15-24(30)16-18-25)20-27(35)31-29-28(23-12-7-6-8-13-23)22(3)32-34(29)26-14-10-9-11-21(26)2/h6-18H,4-5,19-20H2,1-3H3,(H,31,35). The Morgan fingerprint density at radius 2 is 1.63 bits per heavy atom. The molecule has 1 aromatic heterocycles. The molecule has 0 fully saturated rings. The maximum atomic E-state index is 13.5. The van der Waals surface area contributed by atoms with Gasteiger partial charge in [0.15, 0.2) is 0 Å². The highest BCUT2D eigenvalue weighted by Crippen LogP contribution is 2.34. The molecule has 0 saturated heterocycles. The number of benzene rings is 3. The minimum Gasteiger partial charge on any atom is -0.309 e. The van der Waals surface area contributed by atoms with Crippen molar-refractivity contribution in [3.8, 4) is 16.8 Å². The van der Waals surface area contributed by atoms with Crippen molar-refractivity contribution in [2.24, 2.45) is 0 Å². The number of aromatic nitrogens is 2. The number of carbonyl (C=O) groups is 1. The second-order valence-electron chi connectivity index (χ2n) is 9.07. The summed E-state index contributed by atoms with van der Waals surface area (Å²) in [6.07, 6.45) is 1.43. The second kappa shape index (κ2) is 12.1. The van der Waals surface area contributed by atoms with Gasteiger partial charge in [-0.15, -0.1) is 0 Å². The Kier molecular flexibility index (Phi) is 8.81. The number of sulfonamides is 1. The molecule has 4 aromatic rings. The first-order valence-electron chi connectivity index (χ1n) is 12.5. The summed E-state index contributed by atoms with van der Waals surface area (Å²) in [5.74, 6) is 0.0678. The Morgan fingerprint density at radius 3 is 2.29 bits per heavy atom. The predicted molar refractivity (Wildman–Crippen MR) is 155 cm³/mol. The first-order valence-corrected chi connectivity index (χ1v) is 14.7. The molecule has 0 aliphatic heterocycles. The lowest BCUT2D eigenvalue weighted by molar-refractivity contribution is -0.116. The summed E-state index contributed by atoms with van der Waals surface area (Å²) in [4.78, 5) is 13.7. The van der Waals surface area contributed by atoms with Gasteiger partial charge in [0.1, 0.15) is 5.82 Å². The zero-order valence-corrected chi connectivity index (χ0v) is 24.1. The molecule has 0 aliphatic rings. The van der Waals surface area contributed by atoms with Gasteiger partial charge in [0.05, 0.1) is 22.8 Å². The fraction of sp³-hybridized carbons (Fsp3) is 0.241. The van der Waals surface area contributed by atoms with Crippen molar-refractivity contribution < 1.29 is 13.2 Å². The van der Waals surface area contributed by atoms with Gasteiger partial charge in [0.25, 0.3) is 0 Å². The number of carbonyl (C=O) groups excluding carboxylic acids is 1. The van der Waals surface area contributed by atoms with Crippen LogP contribution in [0.5, 0.6) is 0 Å². The number of aryl methyl sites for hydroxylation is 2. The van der Waals surface area contributed by atoms with E-state index in [1.54, 1.807) is 28.9 Å². The van der Waals surface area contributed by atoms with Gasteiger partial charge in [-0.3, -0.25) is 4.79 Å². The summed E-state index contributed by atoms with van der Waals surface area (Å²) >= 11 is 3.35. The fourth-order valence-corrected chi connectivity index (χ4v) is 5.97. The van der Waals surface area contributed by atoms with Gasteiger partial charge >= 0.3 is 0 Å². The van der Waals surface area contributed by atoms with E-state index in [1.807, 2.05) is 75.4 Å². The molecule has 38 heavy (non-hydrogen) atoms. The summed E-state index contributed by atoms with van der Waals surface area (Å²) in [6.45, 7) is 5.80. The van der Waals surface area contributed by atoms with E-state index < -0.39 is 15.9 Å². The number of rotatable bonds is 10. The van der Waals surface area contributed by atoms with Crippen LogP contribution in [0, 0.1) is 13.8 Å². The maximum absolute atomic E-state index is 13.5. The molecule has 0 unspecified atom stereocenters. The van der Waals surface area contributed by atoms with Gasteiger partial charge < -0.3 is 5.32 Å². The topological polar surface area (TPSA) is 84.3 Å². The molecule has 0 atom stereocenters. The molecule has 0 bridgehead atoms. The van der Waals surface area contributed by atoms with Crippen LogP contribution < -0.4 is 5.32 Å². The van der Waals surface area contributed by atoms with E-state index in [-0.39, 0.29) is 18.0 Å². The minimum absolute atomic E-state index is 0.148. The van der Waals surface area contributed by atoms with Crippen LogP contribution >= 0.6 is 15.9 Å². The number of nitrogens with zero attached hydrogens (tertiary/aromatic N) is 3. The van der Waals surface area contributed by atoms with E-state index in [2.05, 4.69) is 21.2 Å². The molecule has 0 saturated carbocycles. The van der Waals surface area contributed by atoms with Crippen molar-refractivity contribution in [1.29, 1.82) is 0 Å². The van der Waals surface area contributed by atoms with Crippen molar-refractivity contribution in [2.45, 2.75) is 38.5 Å². The van der Waals surface area contributed by atoms with Crippen molar-refractivity contribution >= 4 is 37.7 Å². The lowest BCUT2D eigenvalue weighted by Gasteiger charge is -2.22. The number of unbranched alkanes of at least 4 members (excludes halogenated alkanes) is 1. The van der Waals surface area contributed by atoms with Crippen LogP contribution in [0.25, 0.3) is 16.8 Å². The first-order chi connectivity index (χ1) is 18.2. The zero-order valence-electron chi connectivity index (χ0n) is 21.7. The normalized spacial score (nSPS) is 11.6. The van der Waals surface area contributed by atoms with Crippen LogP contribution in [0.15, 0.2) is 88.2 Å². The molecule has 0 radical (unpaired) electrons. The Labute approximate surface area is 232 Å². The number of para-hydroxylation sites is 1. The molecule has 0 spiro atoms. The maximum Gasteiger partial charge on any atom is 0.243 e. The molecule has 0 aliphatic carbocycles. The third-order valence-electron chi connectivity index (χ3n) is 6.26. The third-order valence-corrected chi connectivity index (χ3v) is 8.64. The van der Waals surface area contributed by atoms with E-state index in [1.165, 1.54) is 4.31 Å². The Balaban J connectivity index is 1.72. The smallest absolute Gasteiger partial charge is 0.243 e. The zero-order chi connectivity index (χ0) is 27.3. The fourth-order valence-electron chi connectivity index (χ4n) is 4.27. The summed E-state index contributed by atoms with van der Waals surface area (Å²) in [5.41, 5.74) is 4.27. The van der Waals surface area contributed by atoms with E-state index in [9.17, 15) is 13.2 Å². The summed E-state index contributed by atoms with van der Waals surface area (Å²) < 4.78 is 30.7. The molecular weight excluding hydrogens is 564 g/mol. The average molecular weight is 596 g/mol. The Bertz CT molecular complexity index is 1520. The van der Waals surface area contributed by atoms with Crippen LogP contribution in [0.4, 0.5) is 5.82 Å². The van der Waals surface area contributed by atoms with Crippen LogP contribution in [0.3, 0.4) is 0 Å². The van der Waals surface area contributed by atoms with Crippen molar-refractivity contribution in [1.82, 2.24) is 14.1 Å². The molecule has 1 heterocycles. The third kappa shape index (κ3) is 6.06. The van der Waals surface area contributed by atoms with Crippen LogP contribution in [-0.2, 0) is 14.8 Å². The number of amides is 1. The number of nitrogens with one attached hydrogen (secondary N) is 1. The van der Waals surface area contributed by atoms with Crippen molar-refractivity contribution in [3.05, 3.63) is 94.6 Å². The monoisotopic (exact) mass is 594 g/mol. The summed E-state index contributed by atoms with van der Waals surface area (Å²) in [7, 11) is -3.87. The van der Waals surface area contributed by atoms with Crippen molar-refractivity contribution in [2.75, 3.05) is 18.4 Å². The molecular formula is C29H31BrN4O3S. The van der Waals surface area contributed by atoms with Gasteiger partial charge in [0.2, 0.25) is 15.9 Å². The number of hydrogen-bond acceptors (Lipinski definition) is 4. The van der Waals surface area contributed by atoms with E-state index in [4.69, 9.17) is 5.10 Å². The highest BCUT2D eigenvalue weighted by molar-refractivity contribution is 9.10. The molecule has 7 nitrogen and oxygen atoms in total. The average Bonchev–Trinajstić information content (AvgIpc) is 3.22. The van der Waals surface area contributed by atoms with Gasteiger partial charge in [0, 0.05) is 16.6 Å². The SMILES string of the molecule is CCCCN(CC(=O)Nc1c(-c2ccccc2)c(C)nn1-c1ccccc1C)S(=O)(=O)c1ccc(Br)cc1. The van der Waals surface area contributed by atoms with Crippen LogP contribution in [0.2, 0.25) is 0 Å². The number of halogens is 1. The lowest BCUT2D eigenvalue weighted by Crippen LogP contribution is -2.39. The Hall–Kier alpha value is -3.27. The van der Waals surface area contributed by atoms with Gasteiger partial charge in [-0.1, -0.05) is 77.8 Å². The minimum atomic E-state index is -3.87. The lowest BCUT2D eigenvalue weighted by atomic mass is 10.1. The van der Waals surface area contributed by atoms with E-state index in [0.717, 1.165) is 39.0 Å².